The Hall–Kier alpha value is -0.590. The molecule has 0 bridgehead atoms. The predicted octanol–water partition coefficient (Wildman–Crippen LogP) is 2.28. The molecule has 0 unspecified atom stereocenters. The molecule has 0 aromatic carbocycles. The van der Waals surface area contributed by atoms with E-state index in [0.29, 0.717) is 5.88 Å². The van der Waals surface area contributed by atoms with E-state index in [9.17, 15) is 0 Å². The van der Waals surface area contributed by atoms with Crippen molar-refractivity contribution in [3.8, 4) is 23.7 Å². The summed E-state index contributed by atoms with van der Waals surface area (Å²) in [5.41, 5.74) is 0.0427. The minimum absolute atomic E-state index is 0.0427. The van der Waals surface area contributed by atoms with Crippen LogP contribution in [-0.4, -0.2) is 5.88 Å². The molecule has 1 heteroatoms. The fourth-order valence-electron chi connectivity index (χ4n) is 0.296. The summed E-state index contributed by atoms with van der Waals surface area (Å²) in [6.07, 6.45) is 0. The van der Waals surface area contributed by atoms with Gasteiger partial charge in [0.15, 0.2) is 0 Å². The van der Waals surface area contributed by atoms with Crippen LogP contribution >= 0.6 is 11.6 Å². The summed E-state index contributed by atoms with van der Waals surface area (Å²) in [6, 6.07) is 0. The van der Waals surface area contributed by atoms with Gasteiger partial charge in [-0.2, -0.15) is 0 Å². The van der Waals surface area contributed by atoms with Crippen molar-refractivity contribution < 1.29 is 0 Å². The van der Waals surface area contributed by atoms with Crippen LogP contribution in [0.25, 0.3) is 0 Å². The Morgan fingerprint density at radius 2 is 1.80 bits per heavy atom. The van der Waals surface area contributed by atoms with Crippen molar-refractivity contribution in [2.45, 2.75) is 20.8 Å². The molecule has 0 aliphatic carbocycles. The molecule has 0 saturated carbocycles. The maximum atomic E-state index is 5.31. The standard InChI is InChI=1S/C9H11Cl/c1-9(2,3)7-5-4-6-8-10/h8H2,1-3H3. The third-order valence-corrected chi connectivity index (χ3v) is 0.789. The van der Waals surface area contributed by atoms with Crippen molar-refractivity contribution in [3.05, 3.63) is 0 Å². The Kier molecular flexibility index (Phi) is 4.01. The van der Waals surface area contributed by atoms with Crippen LogP contribution < -0.4 is 0 Å². The van der Waals surface area contributed by atoms with Gasteiger partial charge in [-0.05, 0) is 32.6 Å². The van der Waals surface area contributed by atoms with Crippen LogP contribution in [-0.2, 0) is 0 Å². The Bertz CT molecular complexity index is 199. The summed E-state index contributed by atoms with van der Waals surface area (Å²) in [5.74, 6) is 11.4. The lowest BCUT2D eigenvalue weighted by Crippen LogP contribution is -1.98. The average molecular weight is 155 g/mol. The molecule has 0 saturated heterocycles. The predicted molar refractivity (Wildman–Crippen MR) is 45.7 cm³/mol. The van der Waals surface area contributed by atoms with Crippen molar-refractivity contribution in [2.75, 3.05) is 5.88 Å². The first-order valence-corrected chi connectivity index (χ1v) is 3.66. The first-order valence-electron chi connectivity index (χ1n) is 3.12. The van der Waals surface area contributed by atoms with Crippen LogP contribution in [0.2, 0.25) is 0 Å². The molecule has 0 aliphatic heterocycles. The molecule has 0 aliphatic rings. The number of hydrogen-bond donors (Lipinski definition) is 0. The first kappa shape index (κ1) is 9.41. The van der Waals surface area contributed by atoms with Crippen molar-refractivity contribution in [2.24, 2.45) is 5.41 Å². The molecule has 0 aromatic rings. The number of halogens is 1. The number of hydrogen-bond acceptors (Lipinski definition) is 0. The van der Waals surface area contributed by atoms with Crippen LogP contribution in [0.15, 0.2) is 0 Å². The highest BCUT2D eigenvalue weighted by Gasteiger charge is 2.02. The topological polar surface area (TPSA) is 0 Å². The van der Waals surface area contributed by atoms with Gasteiger partial charge in [-0.15, -0.1) is 11.6 Å². The van der Waals surface area contributed by atoms with Gasteiger partial charge in [0.1, 0.15) is 0 Å². The molecule has 0 spiro atoms. The van der Waals surface area contributed by atoms with E-state index in [1.54, 1.807) is 0 Å². The quantitative estimate of drug-likeness (QED) is 0.371. The van der Waals surface area contributed by atoms with Crippen LogP contribution in [0.4, 0.5) is 0 Å². The maximum absolute atomic E-state index is 5.31. The molecule has 0 aromatic heterocycles. The van der Waals surface area contributed by atoms with E-state index in [4.69, 9.17) is 11.6 Å². The second-order valence-electron chi connectivity index (χ2n) is 2.94. The number of alkyl halides is 1. The average Bonchev–Trinajstić information content (AvgIpc) is 1.78. The van der Waals surface area contributed by atoms with E-state index in [1.165, 1.54) is 0 Å². The van der Waals surface area contributed by atoms with Crippen molar-refractivity contribution >= 4 is 11.6 Å². The molecular formula is C9H11Cl. The van der Waals surface area contributed by atoms with Gasteiger partial charge >= 0.3 is 0 Å². The Morgan fingerprint density at radius 1 is 1.20 bits per heavy atom. The summed E-state index contributed by atoms with van der Waals surface area (Å²) in [5, 5.41) is 0. The molecule has 0 heterocycles. The summed E-state index contributed by atoms with van der Waals surface area (Å²) in [7, 11) is 0. The minimum Gasteiger partial charge on any atom is -0.113 e. The van der Waals surface area contributed by atoms with E-state index in [-0.39, 0.29) is 5.41 Å². The van der Waals surface area contributed by atoms with E-state index in [0.717, 1.165) is 0 Å². The zero-order valence-electron chi connectivity index (χ0n) is 6.59. The number of rotatable bonds is 0. The Morgan fingerprint density at radius 3 is 2.20 bits per heavy atom. The third kappa shape index (κ3) is 7.41. The molecule has 10 heavy (non-hydrogen) atoms. The first-order chi connectivity index (χ1) is 4.56. The largest absolute Gasteiger partial charge is 0.113 e. The fourth-order valence-corrected chi connectivity index (χ4v) is 0.363. The Balaban J connectivity index is 3.93. The van der Waals surface area contributed by atoms with Crippen LogP contribution in [0.1, 0.15) is 20.8 Å². The summed E-state index contributed by atoms with van der Waals surface area (Å²) in [6.45, 7) is 6.13. The molecule has 0 radical (unpaired) electrons. The van der Waals surface area contributed by atoms with Gasteiger partial charge < -0.3 is 0 Å². The van der Waals surface area contributed by atoms with E-state index < -0.39 is 0 Å². The summed E-state index contributed by atoms with van der Waals surface area (Å²) in [4.78, 5) is 0. The zero-order chi connectivity index (χ0) is 8.04. The van der Waals surface area contributed by atoms with Gasteiger partial charge in [0.05, 0.1) is 5.88 Å². The highest BCUT2D eigenvalue weighted by atomic mass is 35.5. The lowest BCUT2D eigenvalue weighted by atomic mass is 9.98. The molecule has 0 atom stereocenters. The van der Waals surface area contributed by atoms with Crippen molar-refractivity contribution in [3.63, 3.8) is 0 Å². The molecule has 0 amide bonds. The molecule has 0 rings (SSSR count). The molecule has 54 valence electrons. The Labute approximate surface area is 68.0 Å². The van der Waals surface area contributed by atoms with E-state index in [1.807, 2.05) is 20.8 Å². The van der Waals surface area contributed by atoms with Crippen LogP contribution in [0.5, 0.6) is 0 Å². The van der Waals surface area contributed by atoms with Crippen LogP contribution in [0, 0.1) is 29.1 Å². The second-order valence-corrected chi connectivity index (χ2v) is 3.20. The summed E-state index contributed by atoms with van der Waals surface area (Å²) >= 11 is 5.31. The fraction of sp³-hybridized carbons (Fsp3) is 0.556. The smallest absolute Gasteiger partial charge is 0.0845 e. The van der Waals surface area contributed by atoms with Crippen molar-refractivity contribution in [1.82, 2.24) is 0 Å². The van der Waals surface area contributed by atoms with Gasteiger partial charge in [0.2, 0.25) is 0 Å². The highest BCUT2D eigenvalue weighted by molar-refractivity contribution is 6.19. The lowest BCUT2D eigenvalue weighted by molar-refractivity contribution is 0.571. The van der Waals surface area contributed by atoms with Gasteiger partial charge in [0, 0.05) is 5.41 Å². The van der Waals surface area contributed by atoms with E-state index in [2.05, 4.69) is 23.7 Å². The van der Waals surface area contributed by atoms with E-state index >= 15 is 0 Å². The molecule has 0 N–H and O–H groups in total. The van der Waals surface area contributed by atoms with Gasteiger partial charge in [-0.1, -0.05) is 11.8 Å². The normalized spacial score (nSPS) is 8.80. The highest BCUT2D eigenvalue weighted by Crippen LogP contribution is 2.09. The van der Waals surface area contributed by atoms with Crippen molar-refractivity contribution in [1.29, 1.82) is 0 Å². The molecule has 0 nitrogen and oxygen atoms in total. The maximum Gasteiger partial charge on any atom is 0.0845 e. The monoisotopic (exact) mass is 154 g/mol. The minimum atomic E-state index is 0.0427. The molecular weight excluding hydrogens is 144 g/mol. The third-order valence-electron chi connectivity index (χ3n) is 0.655. The van der Waals surface area contributed by atoms with Gasteiger partial charge in [0.25, 0.3) is 0 Å². The SMILES string of the molecule is CC(C)(C)C#CC#CCCl. The second kappa shape index (κ2) is 4.26. The van der Waals surface area contributed by atoms with Crippen LogP contribution in [0.3, 0.4) is 0 Å². The molecule has 0 fully saturated rings. The zero-order valence-corrected chi connectivity index (χ0v) is 7.34. The lowest BCUT2D eigenvalue weighted by Gasteiger charge is -2.05. The summed E-state index contributed by atoms with van der Waals surface area (Å²) < 4.78 is 0. The van der Waals surface area contributed by atoms with Gasteiger partial charge in [-0.25, -0.2) is 0 Å². The van der Waals surface area contributed by atoms with Gasteiger partial charge in [-0.3, -0.25) is 0 Å².